The lowest BCUT2D eigenvalue weighted by Crippen LogP contribution is -2.10. The normalized spacial score (nSPS) is 10.1. The largest absolute Gasteiger partial charge is 0.473 e. The number of nitrogens with one attached hydrogen (secondary N) is 1. The van der Waals surface area contributed by atoms with Gasteiger partial charge in [-0.15, -0.1) is 0 Å². The maximum Gasteiger partial charge on any atom is 0.331 e. The number of aryl methyl sites for hydroxylation is 1. The third-order valence-corrected chi connectivity index (χ3v) is 2.78. The first kappa shape index (κ1) is 14.7. The van der Waals surface area contributed by atoms with Crippen molar-refractivity contribution >= 4 is 11.5 Å². The van der Waals surface area contributed by atoms with Crippen LogP contribution in [-0.2, 0) is 6.42 Å². The summed E-state index contributed by atoms with van der Waals surface area (Å²) < 4.78 is 5.40. The van der Waals surface area contributed by atoms with E-state index in [4.69, 9.17) is 10.6 Å². The highest BCUT2D eigenvalue weighted by Crippen LogP contribution is 2.26. The molecule has 2 aromatic heterocycles. The fourth-order valence-electron chi connectivity index (χ4n) is 1.75. The average molecular weight is 289 g/mol. The number of pyridine rings is 2. The van der Waals surface area contributed by atoms with Crippen LogP contribution >= 0.6 is 0 Å². The van der Waals surface area contributed by atoms with Gasteiger partial charge in [0.25, 0.3) is 5.88 Å². The van der Waals surface area contributed by atoms with Gasteiger partial charge in [0.2, 0.25) is 0 Å². The minimum absolute atomic E-state index is 0.0369. The molecule has 0 aromatic carbocycles. The number of ether oxygens (including phenoxy) is 1. The van der Waals surface area contributed by atoms with Crippen LogP contribution in [0.15, 0.2) is 36.7 Å². The summed E-state index contributed by atoms with van der Waals surface area (Å²) in [5, 5.41) is 10.9. The van der Waals surface area contributed by atoms with Crippen LogP contribution < -0.4 is 16.0 Å². The molecule has 0 spiro atoms. The van der Waals surface area contributed by atoms with Crippen LogP contribution in [0.4, 0.5) is 11.5 Å². The molecular formula is C13H15N5O3. The number of nitrogens with two attached hydrogens (primary N) is 1. The molecule has 2 heterocycles. The highest BCUT2D eigenvalue weighted by molar-refractivity contribution is 5.48. The number of anilines is 1. The van der Waals surface area contributed by atoms with Gasteiger partial charge >= 0.3 is 5.69 Å². The zero-order chi connectivity index (χ0) is 15.1. The fraction of sp³-hybridized carbons (Fsp3) is 0.231. The molecular weight excluding hydrogens is 274 g/mol. The summed E-state index contributed by atoms with van der Waals surface area (Å²) in [6, 6.07) is 6.56. The van der Waals surface area contributed by atoms with E-state index in [-0.39, 0.29) is 11.6 Å². The maximum atomic E-state index is 10.9. The van der Waals surface area contributed by atoms with Gasteiger partial charge in [0.15, 0.2) is 0 Å². The number of hydrogen-bond donors (Lipinski definition) is 2. The summed E-state index contributed by atoms with van der Waals surface area (Å²) in [5.74, 6) is 5.50. The first-order chi connectivity index (χ1) is 10.2. The second-order valence-corrected chi connectivity index (χ2v) is 4.23. The molecule has 2 aromatic rings. The molecule has 0 radical (unpaired) electrons. The Morgan fingerprint density at radius 1 is 1.29 bits per heavy atom. The van der Waals surface area contributed by atoms with Gasteiger partial charge < -0.3 is 10.2 Å². The topological polar surface area (TPSA) is 116 Å². The predicted octanol–water partition coefficient (Wildman–Crippen LogP) is 1.68. The van der Waals surface area contributed by atoms with E-state index in [1.807, 2.05) is 12.1 Å². The number of aromatic nitrogens is 2. The van der Waals surface area contributed by atoms with Crippen molar-refractivity contribution in [2.75, 3.05) is 12.0 Å². The Hall–Kier alpha value is -2.74. The van der Waals surface area contributed by atoms with Gasteiger partial charge in [-0.25, -0.2) is 5.84 Å². The van der Waals surface area contributed by atoms with E-state index >= 15 is 0 Å². The first-order valence-electron chi connectivity index (χ1n) is 6.34. The summed E-state index contributed by atoms with van der Waals surface area (Å²) in [6.07, 6.45) is 4.95. The molecule has 0 aliphatic rings. The Morgan fingerprint density at radius 3 is 2.71 bits per heavy atom. The van der Waals surface area contributed by atoms with Gasteiger partial charge in [0.05, 0.1) is 11.5 Å². The van der Waals surface area contributed by atoms with E-state index in [1.165, 1.54) is 12.1 Å². The Balaban J connectivity index is 1.94. The molecule has 0 bridgehead atoms. The SMILES string of the molecule is NNc1ccc([N+](=O)[O-])c(OCCCc2ccncc2)n1. The number of nitrogens with zero attached hydrogens (tertiary/aromatic N) is 3. The summed E-state index contributed by atoms with van der Waals surface area (Å²) in [7, 11) is 0. The molecule has 0 saturated carbocycles. The second kappa shape index (κ2) is 7.15. The van der Waals surface area contributed by atoms with Gasteiger partial charge in [0.1, 0.15) is 5.82 Å². The van der Waals surface area contributed by atoms with Crippen LogP contribution in [0.5, 0.6) is 5.88 Å². The lowest BCUT2D eigenvalue weighted by molar-refractivity contribution is -0.386. The zero-order valence-corrected chi connectivity index (χ0v) is 11.2. The molecule has 0 fully saturated rings. The summed E-state index contributed by atoms with van der Waals surface area (Å²) in [4.78, 5) is 18.2. The molecule has 0 atom stereocenters. The minimum atomic E-state index is -0.536. The number of nitro groups is 1. The predicted molar refractivity (Wildman–Crippen MR) is 76.8 cm³/mol. The Kier molecular flexibility index (Phi) is 4.99. The van der Waals surface area contributed by atoms with E-state index in [1.54, 1.807) is 12.4 Å². The van der Waals surface area contributed by atoms with Gasteiger partial charge in [0, 0.05) is 18.5 Å². The highest BCUT2D eigenvalue weighted by atomic mass is 16.6. The number of hydrazine groups is 1. The van der Waals surface area contributed by atoms with Crippen molar-refractivity contribution in [3.63, 3.8) is 0 Å². The molecule has 0 aliphatic carbocycles. The van der Waals surface area contributed by atoms with E-state index < -0.39 is 4.92 Å². The quantitative estimate of drug-likeness (QED) is 0.344. The smallest absolute Gasteiger partial charge is 0.331 e. The van der Waals surface area contributed by atoms with Crippen molar-refractivity contribution < 1.29 is 9.66 Å². The van der Waals surface area contributed by atoms with Crippen molar-refractivity contribution in [2.45, 2.75) is 12.8 Å². The highest BCUT2D eigenvalue weighted by Gasteiger charge is 2.17. The lowest BCUT2D eigenvalue weighted by atomic mass is 10.1. The standard InChI is InChI=1S/C13H15N5O3/c14-17-12-4-3-11(18(19)20)13(16-12)21-9-1-2-10-5-7-15-8-6-10/h3-8H,1-2,9,14H2,(H,16,17). The minimum Gasteiger partial charge on any atom is -0.473 e. The molecule has 2 rings (SSSR count). The number of hydrogen-bond acceptors (Lipinski definition) is 7. The zero-order valence-electron chi connectivity index (χ0n) is 11.2. The molecule has 8 heteroatoms. The van der Waals surface area contributed by atoms with Crippen LogP contribution in [-0.4, -0.2) is 21.5 Å². The van der Waals surface area contributed by atoms with Gasteiger partial charge in [-0.2, -0.15) is 4.98 Å². The Bertz CT molecular complexity index is 606. The van der Waals surface area contributed by atoms with E-state index in [2.05, 4.69) is 15.4 Å². The van der Waals surface area contributed by atoms with Crippen molar-refractivity contribution in [1.82, 2.24) is 9.97 Å². The van der Waals surface area contributed by atoms with Crippen molar-refractivity contribution in [1.29, 1.82) is 0 Å². The van der Waals surface area contributed by atoms with Gasteiger partial charge in [-0.1, -0.05) is 0 Å². The van der Waals surface area contributed by atoms with Crippen molar-refractivity contribution in [3.05, 3.63) is 52.3 Å². The van der Waals surface area contributed by atoms with Crippen molar-refractivity contribution in [2.24, 2.45) is 5.84 Å². The Morgan fingerprint density at radius 2 is 2.05 bits per heavy atom. The fourth-order valence-corrected chi connectivity index (χ4v) is 1.75. The molecule has 110 valence electrons. The molecule has 0 saturated heterocycles. The number of rotatable bonds is 7. The van der Waals surface area contributed by atoms with Crippen LogP contribution in [0.3, 0.4) is 0 Å². The van der Waals surface area contributed by atoms with Gasteiger partial charge in [-0.05, 0) is 36.6 Å². The summed E-state index contributed by atoms with van der Waals surface area (Å²) in [6.45, 7) is 0.324. The molecule has 0 amide bonds. The average Bonchev–Trinajstić information content (AvgIpc) is 2.52. The number of nitrogen functional groups attached to an aromatic ring is 1. The third-order valence-electron chi connectivity index (χ3n) is 2.78. The van der Waals surface area contributed by atoms with E-state index in [0.717, 1.165) is 12.0 Å². The monoisotopic (exact) mass is 289 g/mol. The van der Waals surface area contributed by atoms with Gasteiger partial charge in [-0.3, -0.25) is 15.1 Å². The molecule has 3 N–H and O–H groups in total. The van der Waals surface area contributed by atoms with E-state index in [0.29, 0.717) is 18.8 Å². The second-order valence-electron chi connectivity index (χ2n) is 4.23. The maximum absolute atomic E-state index is 10.9. The molecule has 8 nitrogen and oxygen atoms in total. The summed E-state index contributed by atoms with van der Waals surface area (Å²) in [5.41, 5.74) is 3.28. The first-order valence-corrected chi connectivity index (χ1v) is 6.34. The third kappa shape index (κ3) is 4.11. The van der Waals surface area contributed by atoms with Crippen LogP contribution in [0.25, 0.3) is 0 Å². The molecule has 21 heavy (non-hydrogen) atoms. The van der Waals surface area contributed by atoms with Crippen molar-refractivity contribution in [3.8, 4) is 5.88 Å². The van der Waals surface area contributed by atoms with Crippen LogP contribution in [0.2, 0.25) is 0 Å². The Labute approximate surface area is 121 Å². The lowest BCUT2D eigenvalue weighted by Gasteiger charge is -2.07. The van der Waals surface area contributed by atoms with Crippen LogP contribution in [0, 0.1) is 10.1 Å². The summed E-state index contributed by atoms with van der Waals surface area (Å²) >= 11 is 0. The van der Waals surface area contributed by atoms with Crippen LogP contribution in [0.1, 0.15) is 12.0 Å². The van der Waals surface area contributed by atoms with E-state index in [9.17, 15) is 10.1 Å². The molecule has 0 aliphatic heterocycles. The molecule has 0 unspecified atom stereocenters.